The molecule has 2 nitrogen and oxygen atoms in total. The maximum atomic E-state index is 13.3. The van der Waals surface area contributed by atoms with Gasteiger partial charge in [-0.25, -0.2) is 8.78 Å². The fraction of sp³-hybridized carbons (Fsp3) is 0.500. The van der Waals surface area contributed by atoms with Gasteiger partial charge in [0.15, 0.2) is 0 Å². The first-order valence-corrected chi connectivity index (χ1v) is 5.64. The van der Waals surface area contributed by atoms with E-state index in [9.17, 15) is 8.78 Å². The molecule has 1 atom stereocenters. The molecule has 2 N–H and O–H groups in total. The normalized spacial score (nSPS) is 20.2. The summed E-state index contributed by atoms with van der Waals surface area (Å²) in [7, 11) is 0. The monoisotopic (exact) mass is 226 g/mol. The average Bonchev–Trinajstić information content (AvgIpc) is 2.74. The summed E-state index contributed by atoms with van der Waals surface area (Å²) in [5, 5.41) is 6.60. The molecule has 88 valence electrons. The van der Waals surface area contributed by atoms with E-state index in [2.05, 4.69) is 10.6 Å². The smallest absolute Gasteiger partial charge is 0.129 e. The lowest BCUT2D eigenvalue weighted by atomic mass is 10.1. The molecule has 1 fully saturated rings. The largest absolute Gasteiger partial charge is 0.315 e. The van der Waals surface area contributed by atoms with E-state index in [0.717, 1.165) is 32.1 Å². The van der Waals surface area contributed by atoms with Crippen molar-refractivity contribution < 1.29 is 8.78 Å². The molecule has 0 aromatic heterocycles. The standard InChI is InChI=1S/C12H16F2N2/c13-10-2-1-9(12(14)7-10)3-6-16-11-4-5-15-8-11/h1-2,7,11,15-16H,3-6,8H2. The van der Waals surface area contributed by atoms with Gasteiger partial charge in [0, 0.05) is 18.7 Å². The van der Waals surface area contributed by atoms with Crippen LogP contribution >= 0.6 is 0 Å². The fourth-order valence-electron chi connectivity index (χ4n) is 1.96. The van der Waals surface area contributed by atoms with Crippen LogP contribution in [-0.2, 0) is 6.42 Å². The molecule has 1 saturated heterocycles. The first kappa shape index (κ1) is 11.5. The van der Waals surface area contributed by atoms with Gasteiger partial charge < -0.3 is 10.6 Å². The first-order valence-electron chi connectivity index (χ1n) is 5.64. The lowest BCUT2D eigenvalue weighted by Crippen LogP contribution is -2.32. The molecule has 2 rings (SSSR count). The van der Waals surface area contributed by atoms with E-state index < -0.39 is 11.6 Å². The van der Waals surface area contributed by atoms with Crippen molar-refractivity contribution in [1.82, 2.24) is 10.6 Å². The minimum absolute atomic E-state index is 0.452. The second kappa shape index (κ2) is 5.37. The van der Waals surface area contributed by atoms with Gasteiger partial charge >= 0.3 is 0 Å². The third-order valence-electron chi connectivity index (χ3n) is 2.90. The van der Waals surface area contributed by atoms with E-state index in [1.807, 2.05) is 0 Å². The van der Waals surface area contributed by atoms with Crippen molar-refractivity contribution in [2.75, 3.05) is 19.6 Å². The van der Waals surface area contributed by atoms with Crippen LogP contribution in [0.1, 0.15) is 12.0 Å². The van der Waals surface area contributed by atoms with Gasteiger partial charge in [-0.2, -0.15) is 0 Å². The van der Waals surface area contributed by atoms with Crippen LogP contribution in [0.4, 0.5) is 8.78 Å². The predicted octanol–water partition coefficient (Wildman–Crippen LogP) is 1.46. The Hall–Kier alpha value is -1.00. The van der Waals surface area contributed by atoms with Crippen LogP contribution in [0.25, 0.3) is 0 Å². The summed E-state index contributed by atoms with van der Waals surface area (Å²) in [5.41, 5.74) is 0.569. The molecule has 0 saturated carbocycles. The molecule has 4 heteroatoms. The van der Waals surface area contributed by atoms with Gasteiger partial charge in [-0.3, -0.25) is 0 Å². The summed E-state index contributed by atoms with van der Waals surface area (Å²) < 4.78 is 25.9. The molecule has 1 unspecified atom stereocenters. The lowest BCUT2D eigenvalue weighted by molar-refractivity contribution is 0.534. The highest BCUT2D eigenvalue weighted by atomic mass is 19.1. The van der Waals surface area contributed by atoms with Crippen LogP contribution in [0, 0.1) is 11.6 Å². The van der Waals surface area contributed by atoms with Gasteiger partial charge in [-0.05, 0) is 37.6 Å². The zero-order chi connectivity index (χ0) is 11.4. The average molecular weight is 226 g/mol. The Morgan fingerprint density at radius 2 is 2.25 bits per heavy atom. The van der Waals surface area contributed by atoms with E-state index in [1.165, 1.54) is 12.1 Å². The van der Waals surface area contributed by atoms with Crippen LogP contribution in [0.15, 0.2) is 18.2 Å². The van der Waals surface area contributed by atoms with E-state index in [0.29, 0.717) is 18.0 Å². The van der Waals surface area contributed by atoms with Crippen molar-refractivity contribution in [2.24, 2.45) is 0 Å². The third kappa shape index (κ3) is 3.00. The predicted molar refractivity (Wildman–Crippen MR) is 59.3 cm³/mol. The minimum atomic E-state index is -0.519. The van der Waals surface area contributed by atoms with E-state index in [4.69, 9.17) is 0 Å². The molecule has 1 aromatic rings. The Balaban J connectivity index is 1.80. The van der Waals surface area contributed by atoms with Crippen LogP contribution in [0.2, 0.25) is 0 Å². The molecule has 0 aliphatic carbocycles. The van der Waals surface area contributed by atoms with Crippen LogP contribution in [0.5, 0.6) is 0 Å². The number of nitrogens with one attached hydrogen (secondary N) is 2. The third-order valence-corrected chi connectivity index (χ3v) is 2.90. The summed E-state index contributed by atoms with van der Waals surface area (Å²) in [4.78, 5) is 0. The molecule has 1 heterocycles. The molecule has 16 heavy (non-hydrogen) atoms. The van der Waals surface area contributed by atoms with E-state index in [-0.39, 0.29) is 0 Å². The first-order chi connectivity index (χ1) is 7.75. The minimum Gasteiger partial charge on any atom is -0.315 e. The van der Waals surface area contributed by atoms with Crippen LogP contribution < -0.4 is 10.6 Å². The second-order valence-electron chi connectivity index (χ2n) is 4.13. The van der Waals surface area contributed by atoms with Gasteiger partial charge in [-0.15, -0.1) is 0 Å². The van der Waals surface area contributed by atoms with Gasteiger partial charge in [-0.1, -0.05) is 6.07 Å². The Morgan fingerprint density at radius 3 is 2.94 bits per heavy atom. The summed E-state index contributed by atoms with van der Waals surface area (Å²) in [6.07, 6.45) is 1.72. The fourth-order valence-corrected chi connectivity index (χ4v) is 1.96. The molecule has 1 aliphatic heterocycles. The van der Waals surface area contributed by atoms with E-state index >= 15 is 0 Å². The zero-order valence-corrected chi connectivity index (χ0v) is 9.10. The quantitative estimate of drug-likeness (QED) is 0.812. The topological polar surface area (TPSA) is 24.1 Å². The summed E-state index contributed by atoms with van der Waals surface area (Å²) in [5.74, 6) is -0.972. The van der Waals surface area contributed by atoms with Crippen molar-refractivity contribution in [2.45, 2.75) is 18.9 Å². The Morgan fingerprint density at radius 1 is 1.38 bits per heavy atom. The molecular formula is C12H16F2N2. The summed E-state index contributed by atoms with van der Waals surface area (Å²) in [6, 6.07) is 4.24. The highest BCUT2D eigenvalue weighted by molar-refractivity contribution is 5.18. The van der Waals surface area contributed by atoms with Crippen LogP contribution in [-0.4, -0.2) is 25.7 Å². The molecule has 0 bridgehead atoms. The summed E-state index contributed by atoms with van der Waals surface area (Å²) in [6.45, 7) is 2.75. The highest BCUT2D eigenvalue weighted by Crippen LogP contribution is 2.09. The molecule has 0 spiro atoms. The SMILES string of the molecule is Fc1ccc(CCNC2CCNC2)c(F)c1. The number of rotatable bonds is 4. The van der Waals surface area contributed by atoms with Crippen molar-refractivity contribution in [3.8, 4) is 0 Å². The van der Waals surface area contributed by atoms with E-state index in [1.54, 1.807) is 0 Å². The zero-order valence-electron chi connectivity index (χ0n) is 9.10. The van der Waals surface area contributed by atoms with Gasteiger partial charge in [0.1, 0.15) is 11.6 Å². The van der Waals surface area contributed by atoms with Crippen LogP contribution in [0.3, 0.4) is 0 Å². The van der Waals surface area contributed by atoms with Crippen molar-refractivity contribution in [3.63, 3.8) is 0 Å². The maximum absolute atomic E-state index is 13.3. The Bertz CT molecular complexity index is 349. The maximum Gasteiger partial charge on any atom is 0.129 e. The Kier molecular flexibility index (Phi) is 3.85. The van der Waals surface area contributed by atoms with Gasteiger partial charge in [0.05, 0.1) is 0 Å². The number of hydrogen-bond donors (Lipinski definition) is 2. The van der Waals surface area contributed by atoms with Gasteiger partial charge in [0.2, 0.25) is 0 Å². The van der Waals surface area contributed by atoms with Crippen molar-refractivity contribution in [3.05, 3.63) is 35.4 Å². The molecule has 1 aliphatic rings. The summed E-state index contributed by atoms with van der Waals surface area (Å²) >= 11 is 0. The lowest BCUT2D eigenvalue weighted by Gasteiger charge is -2.11. The molecular weight excluding hydrogens is 210 g/mol. The molecule has 1 aromatic carbocycles. The van der Waals surface area contributed by atoms with Crippen molar-refractivity contribution in [1.29, 1.82) is 0 Å². The van der Waals surface area contributed by atoms with Gasteiger partial charge in [0.25, 0.3) is 0 Å². The number of halogens is 2. The Labute approximate surface area is 94.0 Å². The van der Waals surface area contributed by atoms with Crippen molar-refractivity contribution >= 4 is 0 Å². The number of hydrogen-bond acceptors (Lipinski definition) is 2. The molecule has 0 radical (unpaired) electrons. The highest BCUT2D eigenvalue weighted by Gasteiger charge is 2.13. The molecule has 0 amide bonds. The second-order valence-corrected chi connectivity index (χ2v) is 4.13. The number of benzene rings is 1.